The molecule has 0 amide bonds. The van der Waals surface area contributed by atoms with Gasteiger partial charge in [-0.1, -0.05) is 12.1 Å². The van der Waals surface area contributed by atoms with Gasteiger partial charge in [0.1, 0.15) is 0 Å². The monoisotopic (exact) mass is 456 g/mol. The number of hydrogen-bond acceptors (Lipinski definition) is 1. The van der Waals surface area contributed by atoms with Gasteiger partial charge in [-0.2, -0.15) is 0 Å². The molecule has 6 heteroatoms. The predicted molar refractivity (Wildman–Crippen MR) is 47.2 cm³/mol. The van der Waals surface area contributed by atoms with Crippen molar-refractivity contribution >= 4 is 0 Å². The van der Waals surface area contributed by atoms with Crippen LogP contribution in [0.5, 0.6) is 0 Å². The number of pyridine rings is 2. The first-order valence-corrected chi connectivity index (χ1v) is 3.76. The van der Waals surface area contributed by atoms with E-state index in [9.17, 15) is 0 Å². The number of hydrogen-bond donors (Lipinski definition) is 0. The van der Waals surface area contributed by atoms with Gasteiger partial charge in [0.05, 0.1) is 0 Å². The Kier molecular flexibility index (Phi) is 31.5. The third kappa shape index (κ3) is 16.2. The number of aromatic nitrogens is 2. The van der Waals surface area contributed by atoms with Gasteiger partial charge in [0.15, 0.2) is 12.4 Å². The molecule has 0 saturated heterocycles. The Bertz CT molecular complexity index is 199. The number of H-pyrrole nitrogens is 1. The summed E-state index contributed by atoms with van der Waals surface area (Å²) in [5.74, 6) is 0. The summed E-state index contributed by atoms with van der Waals surface area (Å²) in [6, 6.07) is 11.6. The molecule has 2 aromatic rings. The van der Waals surface area contributed by atoms with E-state index in [2.05, 4.69) is 9.97 Å². The molecule has 2 heterocycles. The second kappa shape index (κ2) is 20.2. The zero-order chi connectivity index (χ0) is 8.49. The molecule has 1 N–H and O–H groups in total. The molecular weight excluding hydrogens is 445 g/mol. The zero-order valence-corrected chi connectivity index (χ0v) is 13.0. The van der Waals surface area contributed by atoms with Crippen molar-refractivity contribution in [2.24, 2.45) is 0 Å². The first kappa shape index (κ1) is 24.9. The van der Waals surface area contributed by atoms with Crippen LogP contribution in [-0.4, -0.2) is 4.98 Å². The van der Waals surface area contributed by atoms with Gasteiger partial charge in [-0.3, -0.25) is 4.98 Å². The minimum atomic E-state index is 0. The Morgan fingerprint density at radius 2 is 1.06 bits per heavy atom. The molecule has 0 aliphatic heterocycles. The van der Waals surface area contributed by atoms with Gasteiger partial charge in [0, 0.05) is 24.5 Å². The quantitative estimate of drug-likeness (QED) is 0.388. The van der Waals surface area contributed by atoms with Crippen LogP contribution in [0.3, 0.4) is 0 Å². The van der Waals surface area contributed by atoms with Gasteiger partial charge in [-0.15, -0.1) is 0 Å². The van der Waals surface area contributed by atoms with Crippen molar-refractivity contribution in [1.82, 2.24) is 4.98 Å². The maximum atomic E-state index is 3.78. The summed E-state index contributed by atoms with van der Waals surface area (Å²) in [5.41, 5.74) is 0. The van der Waals surface area contributed by atoms with E-state index in [1.807, 2.05) is 48.8 Å². The van der Waals surface area contributed by atoms with E-state index in [1.54, 1.807) is 12.4 Å². The van der Waals surface area contributed by atoms with Crippen LogP contribution < -0.4 is 42.2 Å². The Morgan fingerprint density at radius 3 is 1.19 bits per heavy atom. The fraction of sp³-hybridized carbons (Fsp3) is 0. The molecule has 0 aliphatic rings. The molecule has 0 bridgehead atoms. The molecule has 2 rings (SSSR count). The summed E-state index contributed by atoms with van der Waals surface area (Å²) in [5, 5.41) is 0. The van der Waals surface area contributed by atoms with E-state index in [0.717, 1.165) is 0 Å². The van der Waals surface area contributed by atoms with Crippen LogP contribution in [0.1, 0.15) is 0 Å². The molecule has 0 saturated carbocycles. The van der Waals surface area contributed by atoms with Crippen molar-refractivity contribution in [1.29, 1.82) is 0 Å². The van der Waals surface area contributed by atoms with E-state index >= 15 is 0 Å². The van der Waals surface area contributed by atoms with Crippen LogP contribution in [-0.2, 0) is 19.8 Å². The van der Waals surface area contributed by atoms with Gasteiger partial charge >= 0.3 is 19.8 Å². The number of halogens is 3. The van der Waals surface area contributed by atoms with E-state index in [0.29, 0.717) is 0 Å². The minimum absolute atomic E-state index is 0. The average molecular weight is 456 g/mol. The van der Waals surface area contributed by atoms with E-state index < -0.39 is 0 Å². The van der Waals surface area contributed by atoms with Gasteiger partial charge in [0.25, 0.3) is 0 Å². The first-order chi connectivity index (χ1) is 6.00. The summed E-state index contributed by atoms with van der Waals surface area (Å²) >= 11 is 0. The molecule has 16 heavy (non-hydrogen) atoms. The SMILES string of the molecule is [Cl-].[Cl-].[Cl-].[Os+2].c1cc[nH+]cc1.c1ccncc1. The maximum Gasteiger partial charge on any atom is 2.00 e. The van der Waals surface area contributed by atoms with Gasteiger partial charge in [-0.25, -0.2) is 4.98 Å². The molecule has 2 nitrogen and oxygen atoms in total. The normalized spacial score (nSPS) is 6.00. The van der Waals surface area contributed by atoms with Crippen molar-refractivity contribution in [3.63, 3.8) is 0 Å². The van der Waals surface area contributed by atoms with E-state index in [4.69, 9.17) is 0 Å². The molecule has 0 aliphatic carbocycles. The fourth-order valence-corrected chi connectivity index (χ4v) is 0.655. The minimum Gasteiger partial charge on any atom is -1.00 e. The summed E-state index contributed by atoms with van der Waals surface area (Å²) in [6.07, 6.45) is 7.25. The Hall–Kier alpha value is -0.194. The van der Waals surface area contributed by atoms with Crippen molar-refractivity contribution < 1.29 is 62.0 Å². The first-order valence-electron chi connectivity index (χ1n) is 3.76. The van der Waals surface area contributed by atoms with Gasteiger partial charge < -0.3 is 37.2 Å². The van der Waals surface area contributed by atoms with Gasteiger partial charge in [-0.05, 0) is 12.1 Å². The molecule has 90 valence electrons. The second-order valence-electron chi connectivity index (χ2n) is 2.10. The molecule has 0 radical (unpaired) electrons. The molecule has 0 aromatic carbocycles. The Morgan fingerprint density at radius 1 is 0.625 bits per heavy atom. The van der Waals surface area contributed by atoms with Crippen molar-refractivity contribution in [3.8, 4) is 0 Å². The van der Waals surface area contributed by atoms with Crippen molar-refractivity contribution in [2.75, 3.05) is 0 Å². The predicted octanol–water partition coefficient (Wildman–Crippen LogP) is -7.41. The van der Waals surface area contributed by atoms with Crippen LogP contribution in [0.15, 0.2) is 61.2 Å². The van der Waals surface area contributed by atoms with Crippen LogP contribution in [0.4, 0.5) is 0 Å². The van der Waals surface area contributed by atoms with Crippen LogP contribution in [0.2, 0.25) is 0 Å². The topological polar surface area (TPSA) is 27.0 Å². The average Bonchev–Trinajstić information content (AvgIpc) is 2.24. The smallest absolute Gasteiger partial charge is 1.00 e. The van der Waals surface area contributed by atoms with Crippen LogP contribution in [0.25, 0.3) is 0 Å². The number of rotatable bonds is 0. The third-order valence-corrected chi connectivity index (χ3v) is 1.17. The Labute approximate surface area is 128 Å². The Balaban J connectivity index is -0.0000000720. The largest absolute Gasteiger partial charge is 2.00 e. The van der Waals surface area contributed by atoms with Crippen LogP contribution >= 0.6 is 0 Å². The summed E-state index contributed by atoms with van der Waals surface area (Å²) in [7, 11) is 0. The second-order valence-corrected chi connectivity index (χ2v) is 2.10. The fourth-order valence-electron chi connectivity index (χ4n) is 0.655. The summed E-state index contributed by atoms with van der Waals surface area (Å²) in [4.78, 5) is 6.68. The zero-order valence-electron chi connectivity index (χ0n) is 8.21. The number of aromatic amines is 1. The maximum absolute atomic E-state index is 3.78. The summed E-state index contributed by atoms with van der Waals surface area (Å²) in [6.45, 7) is 0. The van der Waals surface area contributed by atoms with Crippen LogP contribution in [0, 0.1) is 0 Å². The van der Waals surface area contributed by atoms with Gasteiger partial charge in [0.2, 0.25) is 0 Å². The molecule has 0 atom stereocenters. The van der Waals surface area contributed by atoms with Crippen molar-refractivity contribution in [3.05, 3.63) is 61.2 Å². The number of nitrogens with one attached hydrogen (secondary N) is 1. The molecular formula is C10H11Cl3N2Os. The molecule has 2 aromatic heterocycles. The molecule has 0 fully saturated rings. The van der Waals surface area contributed by atoms with Crippen molar-refractivity contribution in [2.45, 2.75) is 0 Å². The molecule has 0 unspecified atom stereocenters. The third-order valence-electron chi connectivity index (χ3n) is 1.17. The number of nitrogens with zero attached hydrogens (tertiary/aromatic N) is 1. The van der Waals surface area contributed by atoms with E-state index in [1.165, 1.54) is 0 Å². The van der Waals surface area contributed by atoms with E-state index in [-0.39, 0.29) is 57.0 Å². The standard InChI is InChI=1S/2C5H5N.3ClH.Os/c2*1-2-4-6-5-3-1;;;;/h2*1-5H;3*1H;/q;;;;;+2/p-2. The molecule has 0 spiro atoms. The summed E-state index contributed by atoms with van der Waals surface area (Å²) < 4.78 is 0.